The Balaban J connectivity index is 3.42. The largest absolute Gasteiger partial charge is 0.444 e. The van der Waals surface area contributed by atoms with Gasteiger partial charge in [-0.05, 0) is 20.8 Å². The van der Waals surface area contributed by atoms with Gasteiger partial charge in [-0.2, -0.15) is 0 Å². The molecule has 16 heavy (non-hydrogen) atoms. The summed E-state index contributed by atoms with van der Waals surface area (Å²) in [7, 11) is 0. The van der Waals surface area contributed by atoms with Gasteiger partial charge in [0.1, 0.15) is 5.60 Å². The fourth-order valence-corrected chi connectivity index (χ4v) is 0.900. The topological polar surface area (TPSA) is 90.8 Å². The average molecular weight is 234 g/mol. The van der Waals surface area contributed by atoms with E-state index in [0.717, 1.165) is 0 Å². The first-order valence-electron chi connectivity index (χ1n) is 5.31. The van der Waals surface area contributed by atoms with Crippen LogP contribution in [-0.4, -0.2) is 54.3 Å². The summed E-state index contributed by atoms with van der Waals surface area (Å²) in [4.78, 5) is 11.2. The van der Waals surface area contributed by atoms with Gasteiger partial charge >= 0.3 is 6.09 Å². The molecule has 0 aromatic heterocycles. The van der Waals surface area contributed by atoms with Crippen molar-refractivity contribution >= 4 is 6.09 Å². The Hall–Kier alpha value is -0.850. The number of aliphatic hydroxyl groups is 2. The number of hydrogen-bond acceptors (Lipinski definition) is 5. The van der Waals surface area contributed by atoms with Crippen LogP contribution in [-0.2, 0) is 4.74 Å². The van der Waals surface area contributed by atoms with Crippen molar-refractivity contribution < 1.29 is 19.7 Å². The monoisotopic (exact) mass is 234 g/mol. The normalized spacial score (nSPS) is 13.3. The van der Waals surface area contributed by atoms with Crippen molar-refractivity contribution in [1.82, 2.24) is 10.6 Å². The number of carbonyl (C=O) groups is 1. The van der Waals surface area contributed by atoms with Gasteiger partial charge in [-0.25, -0.2) is 4.79 Å². The number of carbonyl (C=O) groups excluding carboxylic acids is 1. The van der Waals surface area contributed by atoms with Crippen LogP contribution in [0.3, 0.4) is 0 Å². The van der Waals surface area contributed by atoms with E-state index in [1.165, 1.54) is 0 Å². The van der Waals surface area contributed by atoms with E-state index in [2.05, 4.69) is 10.6 Å². The van der Waals surface area contributed by atoms with Crippen molar-refractivity contribution in [3.63, 3.8) is 0 Å². The maximum absolute atomic E-state index is 11.2. The minimum absolute atomic E-state index is 0.271. The van der Waals surface area contributed by atoms with Gasteiger partial charge in [-0.15, -0.1) is 0 Å². The van der Waals surface area contributed by atoms with E-state index >= 15 is 0 Å². The molecule has 0 aliphatic heterocycles. The van der Waals surface area contributed by atoms with Gasteiger partial charge < -0.3 is 25.6 Å². The third-order valence-electron chi connectivity index (χ3n) is 1.56. The fraction of sp³-hybridized carbons (Fsp3) is 0.900. The lowest BCUT2D eigenvalue weighted by molar-refractivity contribution is 0.0527. The summed E-state index contributed by atoms with van der Waals surface area (Å²) >= 11 is 0. The predicted octanol–water partition coefficient (Wildman–Crippen LogP) is -0.546. The van der Waals surface area contributed by atoms with Crippen LogP contribution in [0.25, 0.3) is 0 Å². The summed E-state index contributed by atoms with van der Waals surface area (Å²) in [5.41, 5.74) is -0.495. The Bertz CT molecular complexity index is 203. The van der Waals surface area contributed by atoms with Crippen molar-refractivity contribution in [3.05, 3.63) is 0 Å². The smallest absolute Gasteiger partial charge is 0.407 e. The molecule has 0 saturated heterocycles. The SMILES string of the molecule is CC(C)(C)OC(=O)NCCNC[C@@H](O)CO. The van der Waals surface area contributed by atoms with Crippen LogP contribution in [0.4, 0.5) is 4.79 Å². The van der Waals surface area contributed by atoms with Crippen molar-refractivity contribution in [2.45, 2.75) is 32.5 Å². The minimum Gasteiger partial charge on any atom is -0.444 e. The van der Waals surface area contributed by atoms with E-state index in [4.69, 9.17) is 14.9 Å². The van der Waals surface area contributed by atoms with E-state index in [1.807, 2.05) is 0 Å². The highest BCUT2D eigenvalue weighted by molar-refractivity contribution is 5.67. The molecule has 0 spiro atoms. The molecule has 4 N–H and O–H groups in total. The number of amides is 1. The molecule has 6 heteroatoms. The van der Waals surface area contributed by atoms with E-state index in [9.17, 15) is 4.79 Å². The second-order valence-electron chi connectivity index (χ2n) is 4.47. The molecule has 0 fully saturated rings. The number of alkyl carbamates (subject to hydrolysis) is 1. The highest BCUT2D eigenvalue weighted by atomic mass is 16.6. The lowest BCUT2D eigenvalue weighted by Crippen LogP contribution is -2.38. The Morgan fingerprint density at radius 3 is 2.50 bits per heavy atom. The molecule has 0 radical (unpaired) electrons. The molecule has 0 heterocycles. The van der Waals surface area contributed by atoms with E-state index in [1.54, 1.807) is 20.8 Å². The van der Waals surface area contributed by atoms with Crippen LogP contribution in [0.1, 0.15) is 20.8 Å². The summed E-state index contributed by atoms with van der Waals surface area (Å²) in [5, 5.41) is 23.0. The summed E-state index contributed by atoms with van der Waals surface area (Å²) < 4.78 is 5.02. The number of aliphatic hydroxyl groups excluding tert-OH is 2. The van der Waals surface area contributed by atoms with E-state index in [0.29, 0.717) is 19.6 Å². The summed E-state index contributed by atoms with van der Waals surface area (Å²) in [6.45, 7) is 6.33. The molecule has 0 aliphatic carbocycles. The first kappa shape index (κ1) is 15.2. The zero-order valence-electron chi connectivity index (χ0n) is 10.1. The molecule has 6 nitrogen and oxygen atoms in total. The van der Waals surface area contributed by atoms with Crippen LogP contribution in [0.15, 0.2) is 0 Å². The summed E-state index contributed by atoms with van der Waals surface area (Å²) in [6, 6.07) is 0. The Morgan fingerprint density at radius 1 is 1.38 bits per heavy atom. The van der Waals surface area contributed by atoms with Crippen LogP contribution >= 0.6 is 0 Å². The lowest BCUT2D eigenvalue weighted by atomic mass is 10.2. The molecule has 0 aromatic carbocycles. The summed E-state index contributed by atoms with van der Waals surface area (Å²) in [5.74, 6) is 0. The highest BCUT2D eigenvalue weighted by Gasteiger charge is 2.15. The zero-order chi connectivity index (χ0) is 12.6. The molecule has 0 bridgehead atoms. The van der Waals surface area contributed by atoms with Crippen molar-refractivity contribution in [3.8, 4) is 0 Å². The van der Waals surface area contributed by atoms with Gasteiger partial charge in [-0.1, -0.05) is 0 Å². The maximum atomic E-state index is 11.2. The molecule has 0 rings (SSSR count). The predicted molar refractivity (Wildman–Crippen MR) is 60.2 cm³/mol. The highest BCUT2D eigenvalue weighted by Crippen LogP contribution is 2.05. The minimum atomic E-state index is -0.762. The van der Waals surface area contributed by atoms with Gasteiger partial charge in [0.25, 0.3) is 0 Å². The average Bonchev–Trinajstić information content (AvgIpc) is 2.14. The standard InChI is InChI=1S/C10H22N2O4/c1-10(2,3)16-9(15)12-5-4-11-6-8(14)7-13/h8,11,13-14H,4-7H2,1-3H3,(H,12,15)/t8-/m1/s1. The zero-order valence-corrected chi connectivity index (χ0v) is 10.1. The van der Waals surface area contributed by atoms with Crippen molar-refractivity contribution in [2.24, 2.45) is 0 Å². The third-order valence-corrected chi connectivity index (χ3v) is 1.56. The Kier molecular flexibility index (Phi) is 7.03. The van der Waals surface area contributed by atoms with Gasteiger partial charge in [0.2, 0.25) is 0 Å². The molecule has 0 aromatic rings. The Morgan fingerprint density at radius 2 is 2.00 bits per heavy atom. The first-order valence-corrected chi connectivity index (χ1v) is 5.31. The van der Waals surface area contributed by atoms with Gasteiger partial charge in [0.15, 0.2) is 0 Å². The number of hydrogen-bond donors (Lipinski definition) is 4. The van der Waals surface area contributed by atoms with Gasteiger partial charge in [-0.3, -0.25) is 0 Å². The van der Waals surface area contributed by atoms with Crippen LogP contribution < -0.4 is 10.6 Å². The second-order valence-corrected chi connectivity index (χ2v) is 4.47. The molecule has 1 atom stereocenters. The van der Waals surface area contributed by atoms with Crippen LogP contribution in [0.2, 0.25) is 0 Å². The van der Waals surface area contributed by atoms with E-state index < -0.39 is 17.8 Å². The van der Waals surface area contributed by atoms with Gasteiger partial charge in [0, 0.05) is 19.6 Å². The number of ether oxygens (including phenoxy) is 1. The quantitative estimate of drug-likeness (QED) is 0.463. The van der Waals surface area contributed by atoms with Crippen LogP contribution in [0, 0.1) is 0 Å². The molecule has 1 amide bonds. The van der Waals surface area contributed by atoms with E-state index in [-0.39, 0.29) is 6.61 Å². The number of rotatable bonds is 6. The lowest BCUT2D eigenvalue weighted by Gasteiger charge is -2.19. The molecular formula is C10H22N2O4. The second kappa shape index (κ2) is 7.43. The molecule has 96 valence electrons. The third kappa shape index (κ3) is 9.70. The molecule has 0 aliphatic rings. The van der Waals surface area contributed by atoms with Gasteiger partial charge in [0.05, 0.1) is 12.7 Å². The molecular weight excluding hydrogens is 212 g/mol. The maximum Gasteiger partial charge on any atom is 0.407 e. The van der Waals surface area contributed by atoms with Crippen LogP contribution in [0.5, 0.6) is 0 Å². The summed E-state index contributed by atoms with van der Waals surface area (Å²) in [6.07, 6.45) is -1.22. The van der Waals surface area contributed by atoms with Crippen molar-refractivity contribution in [2.75, 3.05) is 26.2 Å². The molecule has 0 saturated carbocycles. The number of nitrogens with one attached hydrogen (secondary N) is 2. The Labute approximate surface area is 96.0 Å². The van der Waals surface area contributed by atoms with Crippen molar-refractivity contribution in [1.29, 1.82) is 0 Å². The fourth-order valence-electron chi connectivity index (χ4n) is 0.900. The first-order chi connectivity index (χ1) is 7.35. The molecule has 0 unspecified atom stereocenters.